The Hall–Kier alpha value is -4.20. The van der Waals surface area contributed by atoms with Gasteiger partial charge in [-0.3, -0.25) is 14.6 Å². The fourth-order valence-electron chi connectivity index (χ4n) is 3.32. The van der Waals surface area contributed by atoms with Gasteiger partial charge in [-0.1, -0.05) is 36.4 Å². The lowest BCUT2D eigenvalue weighted by Crippen LogP contribution is -2.31. The highest BCUT2D eigenvalue weighted by atomic mass is 16.5. The molecule has 0 saturated heterocycles. The van der Waals surface area contributed by atoms with Crippen molar-refractivity contribution in [1.82, 2.24) is 20.1 Å². The monoisotopic (exact) mass is 430 g/mol. The molecule has 4 aromatic rings. The number of nitrogens with one attached hydrogen (secondary N) is 1. The number of fused-ring (bicyclic) bond motifs is 1. The highest BCUT2D eigenvalue weighted by Gasteiger charge is 2.13. The number of pyridine rings is 1. The summed E-state index contributed by atoms with van der Waals surface area (Å²) in [5, 5.41) is 8.57. The molecule has 2 heterocycles. The Morgan fingerprint density at radius 3 is 2.50 bits per heavy atom. The van der Waals surface area contributed by atoms with Crippen LogP contribution in [0.4, 0.5) is 0 Å². The van der Waals surface area contributed by atoms with Crippen molar-refractivity contribution in [3.63, 3.8) is 0 Å². The number of carbonyl (C=O) groups excluding carboxylic acids is 1. The van der Waals surface area contributed by atoms with Crippen molar-refractivity contribution in [2.24, 2.45) is 0 Å². The maximum atomic E-state index is 12.9. The molecule has 1 N–H and O–H groups in total. The van der Waals surface area contributed by atoms with Crippen molar-refractivity contribution in [3.8, 4) is 11.5 Å². The molecule has 2 aromatic heterocycles. The predicted octanol–water partition coefficient (Wildman–Crippen LogP) is 2.54. The molecule has 2 aromatic carbocycles. The van der Waals surface area contributed by atoms with Gasteiger partial charge in [0.2, 0.25) is 0 Å². The molecule has 0 saturated carbocycles. The first-order chi connectivity index (χ1) is 15.7. The Morgan fingerprint density at radius 1 is 1.00 bits per heavy atom. The minimum Gasteiger partial charge on any atom is -0.493 e. The quantitative estimate of drug-likeness (QED) is 0.462. The number of ether oxygens (including phenoxy) is 2. The molecule has 0 aliphatic heterocycles. The van der Waals surface area contributed by atoms with Gasteiger partial charge >= 0.3 is 0 Å². The van der Waals surface area contributed by atoms with Gasteiger partial charge in [0.05, 0.1) is 31.3 Å². The third-order valence-electron chi connectivity index (χ3n) is 4.88. The lowest BCUT2D eigenvalue weighted by molar-refractivity contribution is -0.123. The van der Waals surface area contributed by atoms with Crippen LogP contribution < -0.4 is 20.3 Å². The molecule has 0 unspecified atom stereocenters. The van der Waals surface area contributed by atoms with Crippen molar-refractivity contribution in [1.29, 1.82) is 0 Å². The molecule has 0 atom stereocenters. The van der Waals surface area contributed by atoms with Crippen molar-refractivity contribution in [2.75, 3.05) is 13.7 Å². The topological polar surface area (TPSA) is 95.3 Å². The Kier molecular flexibility index (Phi) is 6.41. The van der Waals surface area contributed by atoms with Crippen LogP contribution in [-0.4, -0.2) is 34.4 Å². The van der Waals surface area contributed by atoms with E-state index in [-0.39, 0.29) is 31.2 Å². The number of para-hydroxylation sites is 2. The maximum Gasteiger partial charge on any atom is 0.274 e. The molecule has 8 heteroatoms. The van der Waals surface area contributed by atoms with Crippen LogP contribution in [0.5, 0.6) is 11.5 Å². The van der Waals surface area contributed by atoms with Crippen LogP contribution >= 0.6 is 0 Å². The summed E-state index contributed by atoms with van der Waals surface area (Å²) < 4.78 is 12.2. The Bertz CT molecular complexity index is 1290. The standard InChI is InChI=1S/C24H22N4O4/c1-31-21-10-4-5-11-22(21)32-16-23(29)26-14-20-18-8-2-3-9-19(18)24(30)28(27-20)15-17-7-6-12-25-13-17/h2-13H,14-16H2,1H3,(H,26,29). The average molecular weight is 430 g/mol. The first kappa shape index (κ1) is 21.0. The van der Waals surface area contributed by atoms with Gasteiger partial charge in [-0.05, 0) is 29.8 Å². The van der Waals surface area contributed by atoms with Gasteiger partial charge in [0.1, 0.15) is 0 Å². The van der Waals surface area contributed by atoms with E-state index in [2.05, 4.69) is 15.4 Å². The van der Waals surface area contributed by atoms with Gasteiger partial charge in [-0.25, -0.2) is 4.68 Å². The molecule has 0 bridgehead atoms. The van der Waals surface area contributed by atoms with E-state index in [0.717, 1.165) is 5.56 Å². The molecule has 4 rings (SSSR count). The summed E-state index contributed by atoms with van der Waals surface area (Å²) >= 11 is 0. The van der Waals surface area contributed by atoms with Crippen LogP contribution in [0.3, 0.4) is 0 Å². The van der Waals surface area contributed by atoms with Crippen LogP contribution in [0.15, 0.2) is 77.9 Å². The Labute approximate surface area is 184 Å². The summed E-state index contributed by atoms with van der Waals surface area (Å²) in [5.74, 6) is 0.723. The zero-order valence-corrected chi connectivity index (χ0v) is 17.5. The third kappa shape index (κ3) is 4.75. The second kappa shape index (κ2) is 9.74. The minimum absolute atomic E-state index is 0.155. The number of hydrogen-bond acceptors (Lipinski definition) is 6. The number of aromatic nitrogens is 3. The van der Waals surface area contributed by atoms with E-state index < -0.39 is 0 Å². The largest absolute Gasteiger partial charge is 0.493 e. The normalized spacial score (nSPS) is 10.7. The molecule has 1 amide bonds. The SMILES string of the molecule is COc1ccccc1OCC(=O)NCc1nn(Cc2cccnc2)c(=O)c2ccccc12. The van der Waals surface area contributed by atoms with E-state index in [0.29, 0.717) is 28.0 Å². The fourth-order valence-corrected chi connectivity index (χ4v) is 3.32. The van der Waals surface area contributed by atoms with Gasteiger partial charge < -0.3 is 14.8 Å². The van der Waals surface area contributed by atoms with Gasteiger partial charge in [0.25, 0.3) is 11.5 Å². The molecule has 0 radical (unpaired) electrons. The summed E-state index contributed by atoms with van der Waals surface area (Å²) in [6.45, 7) is 0.269. The summed E-state index contributed by atoms with van der Waals surface area (Å²) in [5.41, 5.74) is 1.26. The second-order valence-corrected chi connectivity index (χ2v) is 7.03. The fraction of sp³-hybridized carbons (Fsp3) is 0.167. The highest BCUT2D eigenvalue weighted by molar-refractivity contribution is 5.84. The van der Waals surface area contributed by atoms with Gasteiger partial charge in [-0.2, -0.15) is 5.10 Å². The average Bonchev–Trinajstić information content (AvgIpc) is 2.84. The molecule has 0 spiro atoms. The number of benzene rings is 2. The summed E-state index contributed by atoms with van der Waals surface area (Å²) in [4.78, 5) is 29.4. The van der Waals surface area contributed by atoms with Crippen LogP contribution in [0.2, 0.25) is 0 Å². The van der Waals surface area contributed by atoms with Gasteiger partial charge in [0.15, 0.2) is 18.1 Å². The van der Waals surface area contributed by atoms with Gasteiger partial charge in [0, 0.05) is 17.8 Å². The molecule has 8 nitrogen and oxygen atoms in total. The summed E-state index contributed by atoms with van der Waals surface area (Å²) in [6, 6.07) is 18.0. The van der Waals surface area contributed by atoms with E-state index in [1.807, 2.05) is 36.4 Å². The van der Waals surface area contributed by atoms with E-state index in [9.17, 15) is 9.59 Å². The van der Waals surface area contributed by atoms with Crippen molar-refractivity contribution in [2.45, 2.75) is 13.1 Å². The Morgan fingerprint density at radius 2 is 1.75 bits per heavy atom. The van der Waals surface area contributed by atoms with E-state index >= 15 is 0 Å². The van der Waals surface area contributed by atoms with Crippen LogP contribution in [-0.2, 0) is 17.9 Å². The number of methoxy groups -OCH3 is 1. The van der Waals surface area contributed by atoms with Crippen LogP contribution in [0, 0.1) is 0 Å². The van der Waals surface area contributed by atoms with Crippen molar-refractivity contribution in [3.05, 3.63) is 94.7 Å². The number of amides is 1. The number of hydrogen-bond donors (Lipinski definition) is 1. The molecular formula is C24H22N4O4. The third-order valence-corrected chi connectivity index (χ3v) is 4.88. The molecule has 0 aliphatic carbocycles. The number of rotatable bonds is 8. The molecular weight excluding hydrogens is 408 g/mol. The van der Waals surface area contributed by atoms with Crippen LogP contribution in [0.25, 0.3) is 10.8 Å². The van der Waals surface area contributed by atoms with E-state index in [1.54, 1.807) is 43.8 Å². The molecule has 0 fully saturated rings. The van der Waals surface area contributed by atoms with Gasteiger partial charge in [-0.15, -0.1) is 0 Å². The van der Waals surface area contributed by atoms with Crippen LogP contribution in [0.1, 0.15) is 11.3 Å². The second-order valence-electron chi connectivity index (χ2n) is 7.03. The lowest BCUT2D eigenvalue weighted by Gasteiger charge is -2.13. The molecule has 162 valence electrons. The maximum absolute atomic E-state index is 12.9. The Balaban J connectivity index is 1.51. The summed E-state index contributed by atoms with van der Waals surface area (Å²) in [7, 11) is 1.54. The predicted molar refractivity (Wildman–Crippen MR) is 120 cm³/mol. The molecule has 0 aliphatic rings. The smallest absolute Gasteiger partial charge is 0.274 e. The molecule has 32 heavy (non-hydrogen) atoms. The van der Waals surface area contributed by atoms with Crippen molar-refractivity contribution < 1.29 is 14.3 Å². The minimum atomic E-state index is -0.313. The zero-order valence-electron chi connectivity index (χ0n) is 17.5. The number of nitrogens with zero attached hydrogens (tertiary/aromatic N) is 3. The number of carbonyl (C=O) groups is 1. The van der Waals surface area contributed by atoms with E-state index in [4.69, 9.17) is 9.47 Å². The first-order valence-electron chi connectivity index (χ1n) is 10.1. The first-order valence-corrected chi connectivity index (χ1v) is 10.1. The summed E-state index contributed by atoms with van der Waals surface area (Å²) in [6.07, 6.45) is 3.37. The highest BCUT2D eigenvalue weighted by Crippen LogP contribution is 2.25. The lowest BCUT2D eigenvalue weighted by atomic mass is 10.1. The zero-order chi connectivity index (χ0) is 22.3. The van der Waals surface area contributed by atoms with E-state index in [1.165, 1.54) is 4.68 Å². The van der Waals surface area contributed by atoms with Crippen molar-refractivity contribution >= 4 is 16.7 Å².